The molecule has 0 amide bonds. The van der Waals surface area contributed by atoms with Crippen LogP contribution >= 0.6 is 0 Å². The molecule has 1 unspecified atom stereocenters. The number of carbonyl (C=O) groups excluding carboxylic acids is 3. The molecule has 136 valence electrons. The van der Waals surface area contributed by atoms with Crippen LogP contribution in [0.4, 0.5) is 0 Å². The number of esters is 2. The smallest absolute Gasteiger partial charge is 0.374 e. The summed E-state index contributed by atoms with van der Waals surface area (Å²) in [6.45, 7) is 6.81. The molecule has 7 nitrogen and oxygen atoms in total. The minimum atomic E-state index is -0.960. The second-order valence-corrected chi connectivity index (χ2v) is 6.23. The standard InChI is InChI=1S/C18H22O7/c1-10(2)24-17(20)13(8-14(19)18(21)25-11(3)4)12-5-6-15-16(7-12)23-9-22-15/h5-7,10-11,13H,8-9H2,1-4H3. The molecule has 0 saturated carbocycles. The molecule has 25 heavy (non-hydrogen) atoms. The first-order valence-electron chi connectivity index (χ1n) is 8.11. The Balaban J connectivity index is 2.22. The number of ether oxygens (including phenoxy) is 4. The molecule has 0 aromatic heterocycles. The number of benzene rings is 1. The van der Waals surface area contributed by atoms with Gasteiger partial charge in [0.25, 0.3) is 0 Å². The fourth-order valence-corrected chi connectivity index (χ4v) is 2.33. The minimum Gasteiger partial charge on any atom is -0.462 e. The van der Waals surface area contributed by atoms with E-state index in [9.17, 15) is 14.4 Å². The highest BCUT2D eigenvalue weighted by atomic mass is 16.7. The maximum absolute atomic E-state index is 12.4. The van der Waals surface area contributed by atoms with E-state index in [2.05, 4.69) is 0 Å². The second-order valence-electron chi connectivity index (χ2n) is 6.23. The lowest BCUT2D eigenvalue weighted by Crippen LogP contribution is -2.27. The lowest BCUT2D eigenvalue weighted by molar-refractivity contribution is -0.158. The zero-order valence-electron chi connectivity index (χ0n) is 14.7. The fraction of sp³-hybridized carbons (Fsp3) is 0.500. The van der Waals surface area contributed by atoms with Crippen molar-refractivity contribution in [1.29, 1.82) is 0 Å². The zero-order chi connectivity index (χ0) is 18.6. The molecule has 1 aliphatic rings. The van der Waals surface area contributed by atoms with Gasteiger partial charge in [-0.2, -0.15) is 0 Å². The third-order valence-electron chi connectivity index (χ3n) is 3.40. The van der Waals surface area contributed by atoms with E-state index in [4.69, 9.17) is 18.9 Å². The molecular formula is C18H22O7. The molecule has 0 N–H and O–H groups in total. The van der Waals surface area contributed by atoms with Gasteiger partial charge in [-0.1, -0.05) is 6.07 Å². The van der Waals surface area contributed by atoms with Crippen molar-refractivity contribution in [2.24, 2.45) is 0 Å². The molecule has 0 radical (unpaired) electrons. The van der Waals surface area contributed by atoms with Crippen LogP contribution in [0, 0.1) is 0 Å². The quantitative estimate of drug-likeness (QED) is 0.551. The maximum Gasteiger partial charge on any atom is 0.374 e. The molecule has 7 heteroatoms. The van der Waals surface area contributed by atoms with Crippen molar-refractivity contribution in [1.82, 2.24) is 0 Å². The number of fused-ring (bicyclic) bond motifs is 1. The predicted molar refractivity (Wildman–Crippen MR) is 87.4 cm³/mol. The minimum absolute atomic E-state index is 0.0968. The largest absolute Gasteiger partial charge is 0.462 e. The van der Waals surface area contributed by atoms with Crippen molar-refractivity contribution in [3.63, 3.8) is 0 Å². The lowest BCUT2D eigenvalue weighted by Gasteiger charge is -2.18. The number of Topliss-reactive ketones (excluding diaryl/α,β-unsaturated/α-hetero) is 1. The van der Waals surface area contributed by atoms with Crippen LogP contribution in [-0.2, 0) is 23.9 Å². The predicted octanol–water partition coefficient (Wildman–Crippen LogP) is 2.36. The van der Waals surface area contributed by atoms with E-state index in [1.165, 1.54) is 0 Å². The molecule has 0 fully saturated rings. The van der Waals surface area contributed by atoms with Gasteiger partial charge in [0.1, 0.15) is 0 Å². The number of hydrogen-bond acceptors (Lipinski definition) is 7. The lowest BCUT2D eigenvalue weighted by atomic mass is 9.93. The van der Waals surface area contributed by atoms with Gasteiger partial charge in [-0.3, -0.25) is 9.59 Å². The molecule has 0 bridgehead atoms. The number of carbonyl (C=O) groups is 3. The molecule has 1 aromatic rings. The Morgan fingerprint density at radius 1 is 1.00 bits per heavy atom. The molecule has 1 heterocycles. The molecule has 0 aliphatic carbocycles. The Labute approximate surface area is 146 Å². The summed E-state index contributed by atoms with van der Waals surface area (Å²) in [6, 6.07) is 4.93. The average Bonchev–Trinajstić information content (AvgIpc) is 2.98. The van der Waals surface area contributed by atoms with Crippen LogP contribution < -0.4 is 9.47 Å². The molecule has 1 aromatic carbocycles. The van der Waals surface area contributed by atoms with Crippen LogP contribution in [0.1, 0.15) is 45.6 Å². The molecule has 0 saturated heterocycles. The van der Waals surface area contributed by atoms with Gasteiger partial charge in [0.15, 0.2) is 11.5 Å². The van der Waals surface area contributed by atoms with Crippen LogP contribution in [0.3, 0.4) is 0 Å². The third-order valence-corrected chi connectivity index (χ3v) is 3.40. The third kappa shape index (κ3) is 4.95. The van der Waals surface area contributed by atoms with E-state index in [1.807, 2.05) is 0 Å². The van der Waals surface area contributed by atoms with Crippen molar-refractivity contribution >= 4 is 17.7 Å². The van der Waals surface area contributed by atoms with Gasteiger partial charge >= 0.3 is 11.9 Å². The van der Waals surface area contributed by atoms with E-state index in [0.717, 1.165) is 0 Å². The van der Waals surface area contributed by atoms with Gasteiger partial charge in [-0.25, -0.2) is 4.79 Å². The van der Waals surface area contributed by atoms with Gasteiger partial charge < -0.3 is 18.9 Å². The monoisotopic (exact) mass is 350 g/mol. The van der Waals surface area contributed by atoms with Crippen molar-refractivity contribution < 1.29 is 33.3 Å². The summed E-state index contributed by atoms with van der Waals surface area (Å²) in [7, 11) is 0. The first kappa shape index (κ1) is 18.8. The van der Waals surface area contributed by atoms with E-state index in [0.29, 0.717) is 17.1 Å². The van der Waals surface area contributed by atoms with Gasteiger partial charge in [0.05, 0.1) is 18.1 Å². The summed E-state index contributed by atoms with van der Waals surface area (Å²) in [5.41, 5.74) is 0.514. The van der Waals surface area contributed by atoms with Crippen LogP contribution in [0.2, 0.25) is 0 Å². The first-order valence-corrected chi connectivity index (χ1v) is 8.11. The Bertz CT molecular complexity index is 663. The SMILES string of the molecule is CC(C)OC(=O)C(=O)CC(C(=O)OC(C)C)c1ccc2c(c1)OCO2. The second kappa shape index (κ2) is 8.00. The van der Waals surface area contributed by atoms with E-state index < -0.39 is 29.7 Å². The number of hydrogen-bond donors (Lipinski definition) is 0. The highest BCUT2D eigenvalue weighted by Gasteiger charge is 2.31. The normalized spacial score (nSPS) is 13.7. The molecular weight excluding hydrogens is 328 g/mol. The van der Waals surface area contributed by atoms with Crippen molar-refractivity contribution in [2.45, 2.75) is 52.2 Å². The summed E-state index contributed by atoms with van der Waals surface area (Å²) in [5.74, 6) is -2.21. The topological polar surface area (TPSA) is 88.1 Å². The maximum atomic E-state index is 12.4. The highest BCUT2D eigenvalue weighted by molar-refractivity contribution is 6.34. The molecule has 1 atom stereocenters. The van der Waals surface area contributed by atoms with Crippen molar-refractivity contribution in [3.05, 3.63) is 23.8 Å². The Morgan fingerprint density at radius 2 is 1.64 bits per heavy atom. The van der Waals surface area contributed by atoms with Crippen molar-refractivity contribution in [2.75, 3.05) is 6.79 Å². The summed E-state index contributed by atoms with van der Waals surface area (Å²) in [4.78, 5) is 36.4. The van der Waals surface area contributed by atoms with E-state index in [1.54, 1.807) is 45.9 Å². The Morgan fingerprint density at radius 3 is 2.28 bits per heavy atom. The molecule has 1 aliphatic heterocycles. The summed E-state index contributed by atoms with van der Waals surface area (Å²) < 4.78 is 20.7. The van der Waals surface area contributed by atoms with Gasteiger partial charge in [-0.05, 0) is 45.4 Å². The number of ketones is 1. The average molecular weight is 350 g/mol. The van der Waals surface area contributed by atoms with E-state index >= 15 is 0 Å². The van der Waals surface area contributed by atoms with Crippen LogP contribution in [-0.4, -0.2) is 36.7 Å². The Kier molecular flexibility index (Phi) is 6.01. The highest BCUT2D eigenvalue weighted by Crippen LogP contribution is 2.36. The summed E-state index contributed by atoms with van der Waals surface area (Å²) in [5, 5.41) is 0. The van der Waals surface area contributed by atoms with Gasteiger partial charge in [0, 0.05) is 6.42 Å². The molecule has 0 spiro atoms. The fourth-order valence-electron chi connectivity index (χ4n) is 2.33. The van der Waals surface area contributed by atoms with Gasteiger partial charge in [0.2, 0.25) is 12.6 Å². The first-order chi connectivity index (χ1) is 11.8. The van der Waals surface area contributed by atoms with Crippen LogP contribution in [0.25, 0.3) is 0 Å². The van der Waals surface area contributed by atoms with Crippen molar-refractivity contribution in [3.8, 4) is 11.5 Å². The zero-order valence-corrected chi connectivity index (χ0v) is 14.7. The van der Waals surface area contributed by atoms with Crippen LogP contribution in [0.5, 0.6) is 11.5 Å². The summed E-state index contributed by atoms with van der Waals surface area (Å²) in [6.07, 6.45) is -1.10. The van der Waals surface area contributed by atoms with E-state index in [-0.39, 0.29) is 19.3 Å². The van der Waals surface area contributed by atoms with Gasteiger partial charge in [-0.15, -0.1) is 0 Å². The number of rotatable bonds is 7. The van der Waals surface area contributed by atoms with Crippen LogP contribution in [0.15, 0.2) is 18.2 Å². The molecule has 2 rings (SSSR count). The summed E-state index contributed by atoms with van der Waals surface area (Å²) >= 11 is 0. The Hall–Kier alpha value is -2.57.